The van der Waals surface area contributed by atoms with Crippen molar-refractivity contribution in [1.82, 2.24) is 10.2 Å². The second kappa shape index (κ2) is 8.74. The van der Waals surface area contributed by atoms with Gasteiger partial charge in [0.05, 0.1) is 0 Å². The van der Waals surface area contributed by atoms with Crippen LogP contribution in [-0.4, -0.2) is 42.5 Å². The Morgan fingerprint density at radius 1 is 1.38 bits per heavy atom. The largest absolute Gasteiger partial charge is 0.368 e. The molecule has 1 aliphatic carbocycles. The number of hydrogen-bond donors (Lipinski definition) is 2. The first-order valence-electron chi connectivity index (χ1n) is 8.70. The first kappa shape index (κ1) is 18.4. The summed E-state index contributed by atoms with van der Waals surface area (Å²) in [5.74, 6) is 0.210. The number of likely N-dealkylation sites (N-methyl/N-ethyl adjacent to an activating group) is 1. The van der Waals surface area contributed by atoms with E-state index in [1.807, 2.05) is 7.05 Å². The average molecular weight is 297 g/mol. The summed E-state index contributed by atoms with van der Waals surface area (Å²) in [5.41, 5.74) is 5.22. The highest BCUT2D eigenvalue weighted by Crippen LogP contribution is 2.37. The standard InChI is InChI=1S/C17H35N3O/c1-5-6-7-12-20(14(2)3)13-10-15-9-8-11-17(15,19-4)16(18)21/h14-15,19H,5-13H2,1-4H3,(H2,18,21). The topological polar surface area (TPSA) is 58.4 Å². The molecule has 1 aliphatic rings. The van der Waals surface area contributed by atoms with Gasteiger partial charge in [0, 0.05) is 6.04 Å². The molecule has 0 bridgehead atoms. The van der Waals surface area contributed by atoms with E-state index in [2.05, 4.69) is 31.0 Å². The molecule has 3 N–H and O–H groups in total. The van der Waals surface area contributed by atoms with Crippen LogP contribution >= 0.6 is 0 Å². The lowest BCUT2D eigenvalue weighted by atomic mass is 9.84. The SMILES string of the molecule is CCCCCN(CCC1CCCC1(NC)C(N)=O)C(C)C. The van der Waals surface area contributed by atoms with Crippen LogP contribution in [0.4, 0.5) is 0 Å². The van der Waals surface area contributed by atoms with Crippen molar-refractivity contribution in [3.8, 4) is 0 Å². The zero-order chi connectivity index (χ0) is 15.9. The summed E-state index contributed by atoms with van der Waals surface area (Å²) in [6.07, 6.45) is 8.01. The fourth-order valence-electron chi connectivity index (χ4n) is 3.76. The van der Waals surface area contributed by atoms with Crippen molar-refractivity contribution in [2.24, 2.45) is 11.7 Å². The Kier molecular flexibility index (Phi) is 7.67. The number of nitrogens with two attached hydrogens (primary N) is 1. The average Bonchev–Trinajstić information content (AvgIpc) is 2.86. The molecule has 4 heteroatoms. The molecule has 0 aromatic heterocycles. The molecule has 2 atom stereocenters. The van der Waals surface area contributed by atoms with Gasteiger partial charge in [-0.05, 0) is 65.6 Å². The van der Waals surface area contributed by atoms with Crippen molar-refractivity contribution in [2.75, 3.05) is 20.1 Å². The normalized spacial score (nSPS) is 25.9. The van der Waals surface area contributed by atoms with Gasteiger partial charge in [0.25, 0.3) is 0 Å². The van der Waals surface area contributed by atoms with E-state index in [4.69, 9.17) is 5.73 Å². The van der Waals surface area contributed by atoms with E-state index < -0.39 is 5.54 Å². The van der Waals surface area contributed by atoms with E-state index in [-0.39, 0.29) is 5.91 Å². The Morgan fingerprint density at radius 3 is 2.62 bits per heavy atom. The number of rotatable bonds is 10. The van der Waals surface area contributed by atoms with E-state index in [0.29, 0.717) is 12.0 Å². The first-order chi connectivity index (χ1) is 9.97. The molecule has 0 aliphatic heterocycles. The monoisotopic (exact) mass is 297 g/mol. The third kappa shape index (κ3) is 4.68. The van der Waals surface area contributed by atoms with Crippen LogP contribution < -0.4 is 11.1 Å². The van der Waals surface area contributed by atoms with Crippen molar-refractivity contribution in [1.29, 1.82) is 0 Å². The lowest BCUT2D eigenvalue weighted by Gasteiger charge is -2.34. The molecule has 1 saturated carbocycles. The number of unbranched alkanes of at least 4 members (excludes halogenated alkanes) is 2. The van der Waals surface area contributed by atoms with Gasteiger partial charge in [-0.1, -0.05) is 26.2 Å². The van der Waals surface area contributed by atoms with Crippen LogP contribution in [0.15, 0.2) is 0 Å². The van der Waals surface area contributed by atoms with E-state index in [1.54, 1.807) is 0 Å². The van der Waals surface area contributed by atoms with Gasteiger partial charge >= 0.3 is 0 Å². The van der Waals surface area contributed by atoms with Crippen LogP contribution in [0, 0.1) is 5.92 Å². The number of nitrogens with one attached hydrogen (secondary N) is 1. The first-order valence-corrected chi connectivity index (χ1v) is 8.70. The molecule has 0 aromatic rings. The van der Waals surface area contributed by atoms with Gasteiger partial charge in [0.15, 0.2) is 0 Å². The maximum absolute atomic E-state index is 11.9. The fraction of sp³-hybridized carbons (Fsp3) is 0.941. The number of primary amides is 1. The van der Waals surface area contributed by atoms with Gasteiger partial charge in [-0.2, -0.15) is 0 Å². The van der Waals surface area contributed by atoms with Crippen molar-refractivity contribution in [3.05, 3.63) is 0 Å². The van der Waals surface area contributed by atoms with Crippen molar-refractivity contribution < 1.29 is 4.79 Å². The minimum atomic E-state index is -0.466. The van der Waals surface area contributed by atoms with E-state index in [9.17, 15) is 4.79 Å². The summed E-state index contributed by atoms with van der Waals surface area (Å²) in [5, 5.41) is 3.24. The van der Waals surface area contributed by atoms with Gasteiger partial charge in [-0.3, -0.25) is 4.79 Å². The Bertz CT molecular complexity index is 319. The zero-order valence-corrected chi connectivity index (χ0v) is 14.5. The number of hydrogen-bond acceptors (Lipinski definition) is 3. The molecule has 0 heterocycles. The third-order valence-electron chi connectivity index (χ3n) is 5.25. The van der Waals surface area contributed by atoms with Crippen LogP contribution in [-0.2, 0) is 4.79 Å². The Balaban J connectivity index is 2.56. The summed E-state index contributed by atoms with van der Waals surface area (Å²) in [6.45, 7) is 9.01. The maximum atomic E-state index is 11.9. The van der Waals surface area contributed by atoms with Gasteiger partial charge in [0.1, 0.15) is 5.54 Å². The summed E-state index contributed by atoms with van der Waals surface area (Å²) in [7, 11) is 1.88. The smallest absolute Gasteiger partial charge is 0.238 e. The maximum Gasteiger partial charge on any atom is 0.238 e. The van der Waals surface area contributed by atoms with Gasteiger partial charge in [-0.25, -0.2) is 0 Å². The molecule has 1 amide bonds. The Labute approximate surface area is 130 Å². The molecule has 1 fully saturated rings. The number of nitrogens with zero attached hydrogens (tertiary/aromatic N) is 1. The Hall–Kier alpha value is -0.610. The molecule has 0 saturated heterocycles. The van der Waals surface area contributed by atoms with Gasteiger partial charge < -0.3 is 16.0 Å². The summed E-state index contributed by atoms with van der Waals surface area (Å²) < 4.78 is 0. The highest BCUT2D eigenvalue weighted by Gasteiger charge is 2.46. The molecule has 21 heavy (non-hydrogen) atoms. The second-order valence-corrected chi connectivity index (χ2v) is 6.80. The number of carbonyl (C=O) groups is 1. The van der Waals surface area contributed by atoms with Crippen LogP contribution in [0.2, 0.25) is 0 Å². The van der Waals surface area contributed by atoms with E-state index >= 15 is 0 Å². The number of carbonyl (C=O) groups excluding carboxylic acids is 1. The zero-order valence-electron chi connectivity index (χ0n) is 14.5. The molecular weight excluding hydrogens is 262 g/mol. The minimum Gasteiger partial charge on any atom is -0.368 e. The Morgan fingerprint density at radius 2 is 2.10 bits per heavy atom. The second-order valence-electron chi connectivity index (χ2n) is 6.80. The van der Waals surface area contributed by atoms with Gasteiger partial charge in [-0.15, -0.1) is 0 Å². The molecule has 4 nitrogen and oxygen atoms in total. The molecule has 0 aromatic carbocycles. The van der Waals surface area contributed by atoms with Crippen LogP contribution in [0.1, 0.15) is 65.7 Å². The van der Waals surface area contributed by atoms with Crippen molar-refractivity contribution >= 4 is 5.91 Å². The minimum absolute atomic E-state index is 0.172. The highest BCUT2D eigenvalue weighted by atomic mass is 16.1. The summed E-state index contributed by atoms with van der Waals surface area (Å²) in [4.78, 5) is 14.5. The number of amides is 1. The highest BCUT2D eigenvalue weighted by molar-refractivity contribution is 5.85. The molecular formula is C17H35N3O. The molecule has 1 rings (SSSR count). The third-order valence-corrected chi connectivity index (χ3v) is 5.25. The molecule has 124 valence electrons. The lowest BCUT2D eigenvalue weighted by molar-refractivity contribution is -0.125. The van der Waals surface area contributed by atoms with Crippen molar-refractivity contribution in [2.45, 2.75) is 77.3 Å². The van der Waals surface area contributed by atoms with Crippen LogP contribution in [0.3, 0.4) is 0 Å². The lowest BCUT2D eigenvalue weighted by Crippen LogP contribution is -2.57. The quantitative estimate of drug-likeness (QED) is 0.609. The predicted molar refractivity (Wildman–Crippen MR) is 89.2 cm³/mol. The van der Waals surface area contributed by atoms with Crippen LogP contribution in [0.25, 0.3) is 0 Å². The molecule has 0 radical (unpaired) electrons. The predicted octanol–water partition coefficient (Wildman–Crippen LogP) is 2.52. The van der Waals surface area contributed by atoms with Crippen molar-refractivity contribution in [3.63, 3.8) is 0 Å². The summed E-state index contributed by atoms with van der Waals surface area (Å²) >= 11 is 0. The van der Waals surface area contributed by atoms with E-state index in [0.717, 1.165) is 32.2 Å². The fourth-order valence-corrected chi connectivity index (χ4v) is 3.76. The molecule has 0 spiro atoms. The van der Waals surface area contributed by atoms with E-state index in [1.165, 1.54) is 25.8 Å². The summed E-state index contributed by atoms with van der Waals surface area (Å²) in [6, 6.07) is 0.570. The molecule has 2 unspecified atom stereocenters. The van der Waals surface area contributed by atoms with Gasteiger partial charge in [0.2, 0.25) is 5.91 Å². The van der Waals surface area contributed by atoms with Crippen LogP contribution in [0.5, 0.6) is 0 Å².